The van der Waals surface area contributed by atoms with Crippen molar-refractivity contribution in [3.05, 3.63) is 87.6 Å². The molecule has 53 heavy (non-hydrogen) atoms. The van der Waals surface area contributed by atoms with Crippen LogP contribution in [0.5, 0.6) is 5.75 Å². The van der Waals surface area contributed by atoms with Crippen molar-refractivity contribution in [3.8, 4) is 39.5 Å². The van der Waals surface area contributed by atoms with Crippen molar-refractivity contribution >= 4 is 28.1 Å². The van der Waals surface area contributed by atoms with Gasteiger partial charge in [-0.3, -0.25) is 9.36 Å². The third-order valence-electron chi connectivity index (χ3n) is 10.7. The van der Waals surface area contributed by atoms with E-state index in [2.05, 4.69) is 86.2 Å². The molecule has 276 valence electrons. The lowest BCUT2D eigenvalue weighted by atomic mass is 10.0. The molecule has 3 unspecified atom stereocenters. The molecule has 0 spiro atoms. The average Bonchev–Trinajstić information content (AvgIpc) is 3.98. The predicted molar refractivity (Wildman–Crippen MR) is 208 cm³/mol. The molecule has 2 aliphatic heterocycles. The van der Waals surface area contributed by atoms with Gasteiger partial charge in [0.05, 0.1) is 64.1 Å². The highest BCUT2D eigenvalue weighted by atomic mass is 32.1. The van der Waals surface area contributed by atoms with Gasteiger partial charge in [0.2, 0.25) is 12.1 Å². The molecular formula is C41H47FN8O2S. The lowest BCUT2D eigenvalue weighted by Crippen LogP contribution is -2.48. The Hall–Kier alpha value is -4.78. The number of hydrogen-bond acceptors (Lipinski definition) is 7. The van der Waals surface area contributed by atoms with E-state index in [1.165, 1.54) is 10.4 Å². The Morgan fingerprint density at radius 2 is 1.91 bits per heavy atom. The molecule has 10 nitrogen and oxygen atoms in total. The van der Waals surface area contributed by atoms with E-state index >= 15 is 4.39 Å². The number of rotatable bonds is 11. The number of carbonyl (C=O) groups excluding carboxylic acids is 1. The zero-order valence-corrected chi connectivity index (χ0v) is 32.0. The molecule has 6 heterocycles. The number of fused-ring (bicyclic) bond motifs is 5. The Kier molecular flexibility index (Phi) is 9.46. The van der Waals surface area contributed by atoms with Crippen LogP contribution in [-0.4, -0.2) is 61.5 Å². The van der Waals surface area contributed by atoms with Gasteiger partial charge in [0.15, 0.2) is 0 Å². The first kappa shape index (κ1) is 35.3. The van der Waals surface area contributed by atoms with E-state index in [0.29, 0.717) is 41.5 Å². The highest BCUT2D eigenvalue weighted by Gasteiger charge is 2.33. The van der Waals surface area contributed by atoms with Crippen LogP contribution >= 0.6 is 11.3 Å². The highest BCUT2D eigenvalue weighted by Crippen LogP contribution is 2.48. The van der Waals surface area contributed by atoms with Crippen molar-refractivity contribution in [3.63, 3.8) is 0 Å². The van der Waals surface area contributed by atoms with E-state index in [0.717, 1.165) is 64.4 Å². The maximum atomic E-state index is 16.5. The molecule has 1 amide bonds. The molecule has 0 bridgehead atoms. The van der Waals surface area contributed by atoms with Crippen LogP contribution in [0.25, 0.3) is 44.7 Å². The minimum absolute atomic E-state index is 0.0406. The van der Waals surface area contributed by atoms with Gasteiger partial charge >= 0.3 is 0 Å². The number of aryl methyl sites for hydroxylation is 2. The van der Waals surface area contributed by atoms with Crippen LogP contribution in [0, 0.1) is 25.6 Å². The summed E-state index contributed by atoms with van der Waals surface area (Å²) in [6, 6.07) is 14.0. The van der Waals surface area contributed by atoms with Gasteiger partial charge < -0.3 is 30.2 Å². The summed E-state index contributed by atoms with van der Waals surface area (Å²) in [7, 11) is 1.82. The summed E-state index contributed by atoms with van der Waals surface area (Å²) in [4.78, 5) is 33.7. The summed E-state index contributed by atoms with van der Waals surface area (Å²) in [5, 5.41) is 7.67. The number of benzene rings is 2. The summed E-state index contributed by atoms with van der Waals surface area (Å²) in [5.74, 6) is 1.88. The topological polar surface area (TPSA) is 116 Å². The number of carbonyl (C=O) groups is 1. The number of amides is 1. The minimum atomic E-state index is -0.480. The molecule has 2 aromatic carbocycles. The van der Waals surface area contributed by atoms with Crippen LogP contribution in [0.4, 0.5) is 4.39 Å². The molecule has 8 rings (SSSR count). The van der Waals surface area contributed by atoms with Crippen LogP contribution in [0.1, 0.15) is 79.3 Å². The van der Waals surface area contributed by atoms with Crippen molar-refractivity contribution in [2.45, 2.75) is 78.7 Å². The highest BCUT2D eigenvalue weighted by molar-refractivity contribution is 7.12. The smallest absolute Gasteiger partial charge is 0.240 e. The number of hydrogen-bond donors (Lipinski definition) is 4. The second kappa shape index (κ2) is 14.2. The molecule has 0 saturated carbocycles. The molecule has 12 heteroatoms. The zero-order valence-electron chi connectivity index (χ0n) is 31.1. The van der Waals surface area contributed by atoms with E-state index in [9.17, 15) is 4.79 Å². The summed E-state index contributed by atoms with van der Waals surface area (Å²) < 4.78 is 25.5. The first-order chi connectivity index (χ1) is 25.6. The van der Waals surface area contributed by atoms with Crippen molar-refractivity contribution in [1.82, 2.24) is 40.0 Å². The number of nitrogens with one attached hydrogen (secondary N) is 4. The summed E-state index contributed by atoms with van der Waals surface area (Å²) in [6.07, 6.45) is 6.17. The van der Waals surface area contributed by atoms with Gasteiger partial charge in [-0.25, -0.2) is 14.4 Å². The molecule has 0 aliphatic carbocycles. The number of imidazole rings is 2. The summed E-state index contributed by atoms with van der Waals surface area (Å²) in [6.45, 7) is 12.3. The molecular weight excluding hydrogens is 688 g/mol. The standard InChI is InChI=1S/C41H47FN8O2S/c1-7-13-49(40(51)38(43-6)22(2)3)21-36-45-19-31(47-36)26-16-28(42)37-33-17-27-15-25(30-20-46-39(48-30)29-9-8-12-44-29)10-11-32(27)50(33)41(52-34(37)18-26)35-14-23(4)24(5)53-35/h10-11,14-20,22,29,38,41,43-44H,7-9,12-13,21H2,1-6H3,(H,45,47)(H,46,48). The Morgan fingerprint density at radius 1 is 1.09 bits per heavy atom. The number of aromatic nitrogens is 5. The Labute approximate surface area is 313 Å². The largest absolute Gasteiger partial charge is 0.464 e. The quantitative estimate of drug-likeness (QED) is 0.107. The van der Waals surface area contributed by atoms with Gasteiger partial charge in [0.1, 0.15) is 23.2 Å². The molecule has 4 N–H and O–H groups in total. The number of aromatic amines is 2. The van der Waals surface area contributed by atoms with E-state index in [-0.39, 0.29) is 29.7 Å². The van der Waals surface area contributed by atoms with E-state index in [4.69, 9.17) is 4.74 Å². The van der Waals surface area contributed by atoms with Gasteiger partial charge in [-0.15, -0.1) is 11.3 Å². The molecule has 1 saturated heterocycles. The number of ether oxygens (including phenoxy) is 1. The first-order valence-corrected chi connectivity index (χ1v) is 19.5. The number of likely N-dealkylation sites (N-methyl/N-ethyl adjacent to an activating group) is 1. The molecule has 3 atom stereocenters. The number of H-pyrrole nitrogens is 2. The van der Waals surface area contributed by atoms with Gasteiger partial charge in [0, 0.05) is 27.9 Å². The van der Waals surface area contributed by atoms with E-state index in [1.807, 2.05) is 38.1 Å². The zero-order chi connectivity index (χ0) is 37.0. The van der Waals surface area contributed by atoms with E-state index < -0.39 is 6.23 Å². The Morgan fingerprint density at radius 3 is 2.62 bits per heavy atom. The van der Waals surface area contributed by atoms with Crippen LogP contribution in [0.3, 0.4) is 0 Å². The fourth-order valence-corrected chi connectivity index (χ4v) is 8.90. The number of nitrogens with zero attached hydrogens (tertiary/aromatic N) is 4. The second-order valence-corrected chi connectivity index (χ2v) is 16.0. The molecule has 0 radical (unpaired) electrons. The van der Waals surface area contributed by atoms with Gasteiger partial charge in [-0.1, -0.05) is 26.8 Å². The van der Waals surface area contributed by atoms with E-state index in [1.54, 1.807) is 23.6 Å². The molecule has 1 fully saturated rings. The van der Waals surface area contributed by atoms with Crippen molar-refractivity contribution in [2.24, 2.45) is 5.92 Å². The SMILES string of the molecule is CCCN(Cc1ncc(-c2cc(F)c3c(c2)OC(c2cc(C)c(C)s2)n2c-3cc3cc(-c4cnc(C5CCCN5)[nH]4)ccc32)[nH]1)C(=O)C(NC)C(C)C. The van der Waals surface area contributed by atoms with Crippen molar-refractivity contribution in [2.75, 3.05) is 20.1 Å². The average molecular weight is 735 g/mol. The fourth-order valence-electron chi connectivity index (χ4n) is 7.83. The predicted octanol–water partition coefficient (Wildman–Crippen LogP) is 8.25. The second-order valence-electron chi connectivity index (χ2n) is 14.7. The first-order valence-electron chi connectivity index (χ1n) is 18.6. The lowest BCUT2D eigenvalue weighted by molar-refractivity contribution is -0.135. The third-order valence-corrected chi connectivity index (χ3v) is 11.9. The maximum absolute atomic E-state index is 16.5. The van der Waals surface area contributed by atoms with Gasteiger partial charge in [-0.05, 0) is 94.6 Å². The van der Waals surface area contributed by atoms with Crippen LogP contribution < -0.4 is 15.4 Å². The molecule has 6 aromatic rings. The Bertz CT molecular complexity index is 2270. The molecule has 2 aliphatic rings. The fraction of sp³-hybridized carbons (Fsp3) is 0.390. The van der Waals surface area contributed by atoms with Crippen molar-refractivity contribution in [1.29, 1.82) is 0 Å². The number of thiophene rings is 1. The molecule has 4 aromatic heterocycles. The van der Waals surface area contributed by atoms with Crippen molar-refractivity contribution < 1.29 is 13.9 Å². The van der Waals surface area contributed by atoms with Crippen LogP contribution in [0.2, 0.25) is 0 Å². The number of halogens is 1. The normalized spacial score (nSPS) is 17.3. The van der Waals surface area contributed by atoms with Gasteiger partial charge in [-0.2, -0.15) is 0 Å². The summed E-state index contributed by atoms with van der Waals surface area (Å²) in [5.41, 5.74) is 6.61. The van der Waals surface area contributed by atoms with Crippen LogP contribution in [0.15, 0.2) is 54.9 Å². The van der Waals surface area contributed by atoms with Gasteiger partial charge in [0.25, 0.3) is 0 Å². The van der Waals surface area contributed by atoms with Crippen LogP contribution in [-0.2, 0) is 11.3 Å². The third kappa shape index (κ3) is 6.46. The Balaban J connectivity index is 1.16. The lowest BCUT2D eigenvalue weighted by Gasteiger charge is -2.30. The maximum Gasteiger partial charge on any atom is 0.240 e. The monoisotopic (exact) mass is 734 g/mol. The summed E-state index contributed by atoms with van der Waals surface area (Å²) >= 11 is 1.70. The minimum Gasteiger partial charge on any atom is -0.464 e.